The Hall–Kier alpha value is -3.33. The lowest BCUT2D eigenvalue weighted by Gasteiger charge is -2.35. The predicted molar refractivity (Wildman–Crippen MR) is 119 cm³/mol. The van der Waals surface area contributed by atoms with Gasteiger partial charge < -0.3 is 14.2 Å². The number of alkyl halides is 3. The van der Waals surface area contributed by atoms with Crippen LogP contribution in [-0.4, -0.2) is 52.8 Å². The first-order valence-corrected chi connectivity index (χ1v) is 11.0. The van der Waals surface area contributed by atoms with Crippen molar-refractivity contribution in [2.45, 2.75) is 19.0 Å². The molecule has 1 aromatic heterocycles. The lowest BCUT2D eigenvalue weighted by molar-refractivity contribution is -0.138. The quantitative estimate of drug-likeness (QED) is 0.507. The van der Waals surface area contributed by atoms with Crippen molar-refractivity contribution in [3.8, 4) is 11.3 Å². The zero-order valence-electron chi connectivity index (χ0n) is 18.0. The Morgan fingerprint density at radius 1 is 0.971 bits per heavy atom. The molecule has 34 heavy (non-hydrogen) atoms. The first-order valence-electron chi connectivity index (χ1n) is 10.7. The number of carbonyl (C=O) groups excluding carboxylic acids is 2. The van der Waals surface area contributed by atoms with Gasteiger partial charge in [-0.2, -0.15) is 13.2 Å². The number of amides is 2. The van der Waals surface area contributed by atoms with Gasteiger partial charge in [-0.25, -0.2) is 4.98 Å². The van der Waals surface area contributed by atoms with E-state index in [0.717, 1.165) is 11.6 Å². The van der Waals surface area contributed by atoms with Crippen molar-refractivity contribution >= 4 is 23.4 Å². The smallest absolute Gasteiger partial charge is 0.417 e. The van der Waals surface area contributed by atoms with Gasteiger partial charge in [0.1, 0.15) is 0 Å². The molecule has 1 aliphatic heterocycles. The molecule has 4 rings (SSSR count). The second-order valence-electron chi connectivity index (χ2n) is 7.84. The van der Waals surface area contributed by atoms with Crippen LogP contribution >= 0.6 is 11.6 Å². The highest BCUT2D eigenvalue weighted by Crippen LogP contribution is 2.32. The normalized spacial score (nSPS) is 14.4. The molecular weight excluding hydrogens is 471 g/mol. The van der Waals surface area contributed by atoms with Crippen molar-refractivity contribution in [2.75, 3.05) is 26.2 Å². The van der Waals surface area contributed by atoms with E-state index in [1.807, 2.05) is 12.1 Å². The summed E-state index contributed by atoms with van der Waals surface area (Å²) in [7, 11) is 0. The maximum absolute atomic E-state index is 13.2. The molecule has 2 aromatic carbocycles. The summed E-state index contributed by atoms with van der Waals surface area (Å²) in [5.74, 6) is 0.185. The number of aromatic nitrogens is 1. The Balaban J connectivity index is 1.30. The maximum atomic E-state index is 13.2. The Bertz CT molecular complexity index is 1170. The van der Waals surface area contributed by atoms with Crippen LogP contribution in [0.5, 0.6) is 0 Å². The number of benzene rings is 2. The van der Waals surface area contributed by atoms with Crippen molar-refractivity contribution in [1.29, 1.82) is 0 Å². The third-order valence-corrected chi connectivity index (χ3v) is 5.87. The summed E-state index contributed by atoms with van der Waals surface area (Å²) in [5, 5.41) is 0.612. The molecule has 1 fully saturated rings. The summed E-state index contributed by atoms with van der Waals surface area (Å²) in [6.07, 6.45) is -2.54. The molecule has 3 aromatic rings. The van der Waals surface area contributed by atoms with E-state index in [1.54, 1.807) is 23.2 Å². The highest BCUT2D eigenvalue weighted by molar-refractivity contribution is 6.30. The standard InChI is InChI=1S/C24H21ClF3N3O3/c25-17-7-5-16(6-8-17)20-15-29-21(34-20)9-10-22(32)30-11-13-31(14-12-30)23(33)18-3-1-2-4-19(18)24(26,27)28/h1-8,15H,9-14H2. The number of hydrogen-bond donors (Lipinski definition) is 0. The number of piperazine rings is 1. The Kier molecular flexibility index (Phi) is 6.92. The van der Waals surface area contributed by atoms with Gasteiger partial charge in [-0.15, -0.1) is 0 Å². The van der Waals surface area contributed by atoms with Crippen molar-refractivity contribution in [3.05, 3.63) is 76.8 Å². The third kappa shape index (κ3) is 5.41. The minimum atomic E-state index is -4.61. The largest absolute Gasteiger partial charge is 0.441 e. The Morgan fingerprint density at radius 2 is 1.62 bits per heavy atom. The van der Waals surface area contributed by atoms with Crippen molar-refractivity contribution in [2.24, 2.45) is 0 Å². The summed E-state index contributed by atoms with van der Waals surface area (Å²) >= 11 is 5.89. The first-order chi connectivity index (χ1) is 16.2. The van der Waals surface area contributed by atoms with E-state index in [0.29, 0.717) is 23.1 Å². The van der Waals surface area contributed by atoms with Gasteiger partial charge in [-0.05, 0) is 36.4 Å². The average Bonchev–Trinajstić information content (AvgIpc) is 3.31. The van der Waals surface area contributed by atoms with Crippen LogP contribution in [0.1, 0.15) is 28.2 Å². The molecular formula is C24H21ClF3N3O3. The Morgan fingerprint density at radius 3 is 2.29 bits per heavy atom. The fourth-order valence-corrected chi connectivity index (χ4v) is 3.92. The third-order valence-electron chi connectivity index (χ3n) is 5.62. The highest BCUT2D eigenvalue weighted by Gasteiger charge is 2.36. The number of rotatable bonds is 5. The van der Waals surface area contributed by atoms with E-state index in [4.69, 9.17) is 16.0 Å². The minimum absolute atomic E-state index is 0.131. The number of hydrogen-bond acceptors (Lipinski definition) is 4. The van der Waals surface area contributed by atoms with Crippen LogP contribution in [0.2, 0.25) is 5.02 Å². The van der Waals surface area contributed by atoms with Gasteiger partial charge in [0.25, 0.3) is 5.91 Å². The molecule has 6 nitrogen and oxygen atoms in total. The molecule has 0 radical (unpaired) electrons. The van der Waals surface area contributed by atoms with E-state index in [2.05, 4.69) is 4.98 Å². The SMILES string of the molecule is O=C(CCc1ncc(-c2ccc(Cl)cc2)o1)N1CCN(C(=O)c2ccccc2C(F)(F)F)CC1. The molecule has 0 aliphatic carbocycles. The molecule has 10 heteroatoms. The lowest BCUT2D eigenvalue weighted by atomic mass is 10.1. The molecule has 0 spiro atoms. The minimum Gasteiger partial charge on any atom is -0.441 e. The summed E-state index contributed by atoms with van der Waals surface area (Å²) in [6, 6.07) is 11.8. The molecule has 0 saturated carbocycles. The number of oxazole rings is 1. The van der Waals surface area contributed by atoms with Crippen molar-refractivity contribution in [3.63, 3.8) is 0 Å². The second kappa shape index (κ2) is 9.89. The molecule has 2 amide bonds. The molecule has 0 unspecified atom stereocenters. The predicted octanol–water partition coefficient (Wildman–Crippen LogP) is 4.93. The summed E-state index contributed by atoms with van der Waals surface area (Å²) in [6.45, 7) is 0.827. The summed E-state index contributed by atoms with van der Waals surface area (Å²) in [5.41, 5.74) is -0.514. The van der Waals surface area contributed by atoms with E-state index in [9.17, 15) is 22.8 Å². The van der Waals surface area contributed by atoms with Crippen LogP contribution in [0.25, 0.3) is 11.3 Å². The topological polar surface area (TPSA) is 66.7 Å². The first kappa shape index (κ1) is 23.8. The van der Waals surface area contributed by atoms with Gasteiger partial charge in [0, 0.05) is 49.6 Å². The molecule has 0 N–H and O–H groups in total. The van der Waals surface area contributed by atoms with Gasteiger partial charge in [-0.1, -0.05) is 23.7 Å². The lowest BCUT2D eigenvalue weighted by Crippen LogP contribution is -2.50. The van der Waals surface area contributed by atoms with Crippen LogP contribution in [0.4, 0.5) is 13.2 Å². The monoisotopic (exact) mass is 491 g/mol. The fraction of sp³-hybridized carbons (Fsp3) is 0.292. The fourth-order valence-electron chi connectivity index (χ4n) is 3.79. The van der Waals surface area contributed by atoms with Crippen LogP contribution in [-0.2, 0) is 17.4 Å². The molecule has 1 saturated heterocycles. The number of aryl methyl sites for hydroxylation is 1. The van der Waals surface area contributed by atoms with Gasteiger partial charge in [0.2, 0.25) is 5.91 Å². The molecule has 178 valence electrons. The van der Waals surface area contributed by atoms with Gasteiger partial charge in [0.15, 0.2) is 11.7 Å². The Labute approximate surface area is 198 Å². The van der Waals surface area contributed by atoms with E-state index in [1.165, 1.54) is 23.1 Å². The number of nitrogens with zero attached hydrogens (tertiary/aromatic N) is 3. The molecule has 2 heterocycles. The maximum Gasteiger partial charge on any atom is 0.417 e. The molecule has 0 bridgehead atoms. The number of halogens is 4. The van der Waals surface area contributed by atoms with Crippen LogP contribution in [0.3, 0.4) is 0 Å². The number of carbonyl (C=O) groups is 2. The van der Waals surface area contributed by atoms with Gasteiger partial charge in [0.05, 0.1) is 17.3 Å². The van der Waals surface area contributed by atoms with E-state index < -0.39 is 17.6 Å². The average molecular weight is 492 g/mol. The summed E-state index contributed by atoms with van der Waals surface area (Å²) in [4.78, 5) is 32.5. The van der Waals surface area contributed by atoms with E-state index in [-0.39, 0.29) is 44.1 Å². The van der Waals surface area contributed by atoms with Gasteiger partial charge in [-0.3, -0.25) is 9.59 Å². The van der Waals surface area contributed by atoms with Gasteiger partial charge >= 0.3 is 6.18 Å². The van der Waals surface area contributed by atoms with Crippen LogP contribution < -0.4 is 0 Å². The molecule has 0 atom stereocenters. The van der Waals surface area contributed by atoms with Crippen molar-refractivity contribution < 1.29 is 27.2 Å². The van der Waals surface area contributed by atoms with Crippen LogP contribution in [0, 0.1) is 0 Å². The summed E-state index contributed by atoms with van der Waals surface area (Å²) < 4.78 is 45.4. The highest BCUT2D eigenvalue weighted by atomic mass is 35.5. The zero-order valence-corrected chi connectivity index (χ0v) is 18.8. The molecule has 1 aliphatic rings. The van der Waals surface area contributed by atoms with Crippen LogP contribution in [0.15, 0.2) is 59.1 Å². The van der Waals surface area contributed by atoms with Crippen molar-refractivity contribution in [1.82, 2.24) is 14.8 Å². The zero-order chi connectivity index (χ0) is 24.3. The second-order valence-corrected chi connectivity index (χ2v) is 8.28. The van der Waals surface area contributed by atoms with E-state index >= 15 is 0 Å².